The Morgan fingerprint density at radius 3 is 1.59 bits per heavy atom. The Morgan fingerprint density at radius 1 is 0.864 bits per heavy atom. The minimum Gasteiger partial charge on any atom is -0.481 e. The summed E-state index contributed by atoms with van der Waals surface area (Å²) in [5.41, 5.74) is 0. The van der Waals surface area contributed by atoms with Crippen LogP contribution in [0.25, 0.3) is 0 Å². The number of hydrogen-bond donors (Lipinski definition) is 3. The van der Waals surface area contributed by atoms with E-state index in [0.717, 1.165) is 31.9 Å². The zero-order valence-electron chi connectivity index (χ0n) is 14.7. The van der Waals surface area contributed by atoms with Crippen LogP contribution in [-0.4, -0.2) is 28.0 Å². The summed E-state index contributed by atoms with van der Waals surface area (Å²) < 4.78 is 0. The summed E-state index contributed by atoms with van der Waals surface area (Å²) in [6, 6.07) is 0. The molecule has 0 rings (SSSR count). The van der Waals surface area contributed by atoms with Crippen molar-refractivity contribution in [1.82, 2.24) is 0 Å². The summed E-state index contributed by atoms with van der Waals surface area (Å²) >= 11 is 4.22. The highest BCUT2D eigenvalue weighted by molar-refractivity contribution is 7.80. The van der Waals surface area contributed by atoms with Gasteiger partial charge < -0.3 is 10.2 Å². The lowest BCUT2D eigenvalue weighted by molar-refractivity contribution is -0.134. The van der Waals surface area contributed by atoms with Crippen LogP contribution in [0.3, 0.4) is 0 Å². The largest absolute Gasteiger partial charge is 0.481 e. The smallest absolute Gasteiger partial charge is 0.300 e. The Morgan fingerprint density at radius 2 is 1.23 bits per heavy atom. The topological polar surface area (TPSA) is 57.5 Å². The normalized spacial score (nSPS) is 11.6. The number of carbonyl (C=O) groups is 1. The van der Waals surface area contributed by atoms with Gasteiger partial charge in [0, 0.05) is 6.92 Å². The Bertz CT molecular complexity index is 218. The number of carboxylic acids is 1. The van der Waals surface area contributed by atoms with E-state index in [1.54, 1.807) is 0 Å². The van der Waals surface area contributed by atoms with Crippen molar-refractivity contribution in [2.75, 3.05) is 5.75 Å². The first-order chi connectivity index (χ1) is 10.5. The van der Waals surface area contributed by atoms with E-state index < -0.39 is 5.97 Å². The molecule has 0 aromatic heterocycles. The molecule has 0 amide bonds. The van der Waals surface area contributed by atoms with Gasteiger partial charge in [-0.2, -0.15) is 12.6 Å². The van der Waals surface area contributed by atoms with Crippen molar-refractivity contribution in [2.24, 2.45) is 0 Å². The number of unbranched alkanes of at least 4 members (excludes halogenated alkanes) is 9. The summed E-state index contributed by atoms with van der Waals surface area (Å²) in [5, 5.41) is 17.0. The molecular weight excluding hydrogens is 296 g/mol. The highest BCUT2D eigenvalue weighted by Gasteiger charge is 2.01. The zero-order chi connectivity index (χ0) is 17.1. The molecule has 0 heterocycles. The molecule has 0 aliphatic rings. The summed E-state index contributed by atoms with van der Waals surface area (Å²) in [5.74, 6) is 0.212. The monoisotopic (exact) mass is 334 g/mol. The van der Waals surface area contributed by atoms with E-state index in [2.05, 4.69) is 19.6 Å². The maximum atomic E-state index is 9.59. The van der Waals surface area contributed by atoms with Gasteiger partial charge in [0.15, 0.2) is 0 Å². The summed E-state index contributed by atoms with van der Waals surface area (Å²) in [7, 11) is 0. The number of thiol groups is 1. The second-order valence-corrected chi connectivity index (χ2v) is 6.46. The highest BCUT2D eigenvalue weighted by atomic mass is 32.1. The fourth-order valence-corrected chi connectivity index (χ4v) is 2.61. The van der Waals surface area contributed by atoms with E-state index in [9.17, 15) is 5.11 Å². The lowest BCUT2D eigenvalue weighted by atomic mass is 10.0. The Balaban J connectivity index is 0. The van der Waals surface area contributed by atoms with Crippen LogP contribution in [0.1, 0.15) is 97.3 Å². The van der Waals surface area contributed by atoms with Gasteiger partial charge in [-0.1, -0.05) is 71.1 Å². The van der Waals surface area contributed by atoms with Gasteiger partial charge in [-0.15, -0.1) is 0 Å². The van der Waals surface area contributed by atoms with Crippen molar-refractivity contribution in [3.63, 3.8) is 0 Å². The Labute approximate surface area is 143 Å². The molecule has 0 fully saturated rings. The van der Waals surface area contributed by atoms with Crippen LogP contribution in [0.15, 0.2) is 0 Å². The van der Waals surface area contributed by atoms with Crippen LogP contribution in [0.5, 0.6) is 0 Å². The third-order valence-electron chi connectivity index (χ3n) is 3.57. The van der Waals surface area contributed by atoms with Crippen molar-refractivity contribution in [2.45, 2.75) is 103 Å². The average molecular weight is 335 g/mol. The molecule has 134 valence electrons. The molecule has 0 radical (unpaired) electrons. The molecule has 1 atom stereocenters. The number of carboxylic acid groups (broad SMARTS) is 1. The third kappa shape index (κ3) is 28.0. The van der Waals surface area contributed by atoms with Crippen LogP contribution in [0, 0.1) is 0 Å². The van der Waals surface area contributed by atoms with Gasteiger partial charge in [-0.05, 0) is 25.0 Å². The number of hydrogen-bond acceptors (Lipinski definition) is 3. The maximum Gasteiger partial charge on any atom is 0.300 e. The van der Waals surface area contributed by atoms with Gasteiger partial charge in [-0.25, -0.2) is 0 Å². The van der Waals surface area contributed by atoms with E-state index >= 15 is 0 Å². The lowest BCUT2D eigenvalue weighted by Crippen LogP contribution is -2.04. The molecule has 0 saturated carbocycles. The summed E-state index contributed by atoms with van der Waals surface area (Å²) in [6.07, 6.45) is 16.6. The Hall–Kier alpha value is -0.220. The lowest BCUT2D eigenvalue weighted by Gasteiger charge is -2.08. The second kappa shape index (κ2) is 20.8. The summed E-state index contributed by atoms with van der Waals surface area (Å²) in [6.45, 7) is 3.22. The van der Waals surface area contributed by atoms with E-state index in [0.29, 0.717) is 0 Å². The predicted molar refractivity (Wildman–Crippen MR) is 98.9 cm³/mol. The molecule has 4 heteroatoms. The molecule has 0 aromatic carbocycles. The molecule has 0 aliphatic heterocycles. The first-order valence-corrected chi connectivity index (χ1v) is 9.66. The van der Waals surface area contributed by atoms with Gasteiger partial charge >= 0.3 is 0 Å². The van der Waals surface area contributed by atoms with Crippen molar-refractivity contribution >= 4 is 18.6 Å². The minimum atomic E-state index is -0.833. The van der Waals surface area contributed by atoms with Gasteiger partial charge in [0.2, 0.25) is 0 Å². The van der Waals surface area contributed by atoms with Crippen LogP contribution in [0.4, 0.5) is 0 Å². The van der Waals surface area contributed by atoms with Gasteiger partial charge in [0.1, 0.15) is 0 Å². The zero-order valence-corrected chi connectivity index (χ0v) is 15.6. The minimum absolute atomic E-state index is 0.0400. The first kappa shape index (κ1) is 24.0. The van der Waals surface area contributed by atoms with Crippen LogP contribution in [-0.2, 0) is 4.79 Å². The predicted octanol–water partition coefficient (Wildman–Crippen LogP) is 5.46. The van der Waals surface area contributed by atoms with E-state index in [4.69, 9.17) is 9.90 Å². The van der Waals surface area contributed by atoms with Crippen LogP contribution in [0.2, 0.25) is 0 Å². The number of aliphatic carboxylic acids is 1. The van der Waals surface area contributed by atoms with Crippen molar-refractivity contribution < 1.29 is 15.0 Å². The molecule has 3 nitrogen and oxygen atoms in total. The quantitative estimate of drug-likeness (QED) is 0.292. The molecule has 1 unspecified atom stereocenters. The standard InChI is InChI=1S/C16H34OS.C2H4O2/c1-2-13-16(17)14-11-9-7-5-3-4-6-8-10-12-15-18;1-2(3)4/h16-18H,2-15H2,1H3;1H3,(H,3,4). The van der Waals surface area contributed by atoms with E-state index in [-0.39, 0.29) is 6.10 Å². The third-order valence-corrected chi connectivity index (χ3v) is 3.88. The second-order valence-electron chi connectivity index (χ2n) is 6.01. The van der Waals surface area contributed by atoms with Crippen molar-refractivity contribution in [1.29, 1.82) is 0 Å². The molecule has 0 aromatic rings. The van der Waals surface area contributed by atoms with E-state index in [1.807, 2.05) is 0 Å². The SMILES string of the molecule is CC(=O)O.CCCC(O)CCCCCCCCCCCCS. The van der Waals surface area contributed by atoms with Crippen molar-refractivity contribution in [3.05, 3.63) is 0 Å². The van der Waals surface area contributed by atoms with Crippen LogP contribution >= 0.6 is 12.6 Å². The molecule has 0 saturated heterocycles. The average Bonchev–Trinajstić information content (AvgIpc) is 2.44. The fourth-order valence-electron chi connectivity index (χ4n) is 2.38. The maximum absolute atomic E-state index is 9.59. The summed E-state index contributed by atoms with van der Waals surface area (Å²) in [4.78, 5) is 9.00. The van der Waals surface area contributed by atoms with Gasteiger partial charge in [-0.3, -0.25) is 4.79 Å². The molecule has 2 N–H and O–H groups in total. The molecule has 0 aliphatic carbocycles. The number of aliphatic hydroxyl groups is 1. The number of aliphatic hydroxyl groups excluding tert-OH is 1. The molecule has 0 bridgehead atoms. The van der Waals surface area contributed by atoms with Gasteiger partial charge in [0.25, 0.3) is 5.97 Å². The molecule has 0 spiro atoms. The number of rotatable bonds is 14. The first-order valence-electron chi connectivity index (χ1n) is 9.03. The molecular formula is C18H38O3S. The van der Waals surface area contributed by atoms with Gasteiger partial charge in [0.05, 0.1) is 6.10 Å². The fraction of sp³-hybridized carbons (Fsp3) is 0.944. The van der Waals surface area contributed by atoms with Crippen LogP contribution < -0.4 is 0 Å². The molecule has 22 heavy (non-hydrogen) atoms. The van der Waals surface area contributed by atoms with E-state index in [1.165, 1.54) is 64.2 Å². The highest BCUT2D eigenvalue weighted by Crippen LogP contribution is 2.13. The Kier molecular flexibility index (Phi) is 22.7. The van der Waals surface area contributed by atoms with Crippen molar-refractivity contribution in [3.8, 4) is 0 Å².